The molecule has 5 heteroatoms. The van der Waals surface area contributed by atoms with Crippen molar-refractivity contribution in [3.8, 4) is 22.5 Å². The van der Waals surface area contributed by atoms with Gasteiger partial charge in [-0.25, -0.2) is 9.97 Å². The van der Waals surface area contributed by atoms with Gasteiger partial charge in [-0.05, 0) is 46.5 Å². The van der Waals surface area contributed by atoms with Crippen LogP contribution in [0, 0.1) is 13.8 Å². The van der Waals surface area contributed by atoms with Crippen LogP contribution in [0.15, 0.2) is 48.5 Å². The van der Waals surface area contributed by atoms with Crippen molar-refractivity contribution >= 4 is 11.8 Å². The molecule has 4 rings (SSSR count). The Kier molecular flexibility index (Phi) is 8.51. The average Bonchev–Trinajstić information content (AvgIpc) is 2.86. The molecule has 2 aromatic carbocycles. The Morgan fingerprint density at radius 2 is 1.46 bits per heavy atom. The summed E-state index contributed by atoms with van der Waals surface area (Å²) in [4.78, 5) is 24.4. The first-order chi connectivity index (χ1) is 17.0. The van der Waals surface area contributed by atoms with E-state index in [2.05, 4.69) is 67.3 Å². The maximum atomic E-state index is 11.5. The van der Waals surface area contributed by atoms with Crippen LogP contribution in [-0.2, 0) is 16.0 Å². The number of esters is 1. The van der Waals surface area contributed by atoms with Gasteiger partial charge in [0.2, 0.25) is 0 Å². The summed E-state index contributed by atoms with van der Waals surface area (Å²) in [6.07, 6.45) is 6.72. The van der Waals surface area contributed by atoms with E-state index < -0.39 is 0 Å². The molecule has 0 atom stereocenters. The molecule has 0 saturated heterocycles. The number of hydrogen-bond acceptors (Lipinski definition) is 5. The molecule has 0 aliphatic carbocycles. The smallest absolute Gasteiger partial charge is 0.305 e. The summed E-state index contributed by atoms with van der Waals surface area (Å²) in [5, 5.41) is 0. The SMILES string of the molecule is CCOC(=O)CCCCCCN1CCCc2nc(-c3ccc(C)cc3)c(-c3ccc(C)cc3)nc21. The number of anilines is 1. The van der Waals surface area contributed by atoms with Gasteiger partial charge in [-0.3, -0.25) is 4.79 Å². The predicted molar refractivity (Wildman–Crippen MR) is 143 cm³/mol. The highest BCUT2D eigenvalue weighted by Crippen LogP contribution is 2.35. The first-order valence-electron chi connectivity index (χ1n) is 13.0. The zero-order valence-electron chi connectivity index (χ0n) is 21.3. The number of rotatable bonds is 10. The van der Waals surface area contributed by atoms with Crippen LogP contribution < -0.4 is 4.90 Å². The van der Waals surface area contributed by atoms with Crippen LogP contribution >= 0.6 is 0 Å². The fourth-order valence-corrected chi connectivity index (χ4v) is 4.63. The lowest BCUT2D eigenvalue weighted by Gasteiger charge is -2.30. The van der Waals surface area contributed by atoms with E-state index in [9.17, 15) is 4.79 Å². The maximum Gasteiger partial charge on any atom is 0.305 e. The lowest BCUT2D eigenvalue weighted by atomic mass is 10.0. The van der Waals surface area contributed by atoms with Crippen molar-refractivity contribution in [2.24, 2.45) is 0 Å². The molecule has 0 unspecified atom stereocenters. The number of aromatic nitrogens is 2. The average molecular weight is 472 g/mol. The van der Waals surface area contributed by atoms with E-state index in [0.717, 1.165) is 85.6 Å². The van der Waals surface area contributed by atoms with Gasteiger partial charge >= 0.3 is 5.97 Å². The van der Waals surface area contributed by atoms with Crippen molar-refractivity contribution < 1.29 is 9.53 Å². The number of ether oxygens (including phenoxy) is 1. The third-order valence-electron chi connectivity index (χ3n) is 6.60. The van der Waals surface area contributed by atoms with Crippen molar-refractivity contribution in [2.45, 2.75) is 65.7 Å². The van der Waals surface area contributed by atoms with E-state index in [-0.39, 0.29) is 5.97 Å². The minimum atomic E-state index is -0.0826. The van der Waals surface area contributed by atoms with Gasteiger partial charge in [0.25, 0.3) is 0 Å². The van der Waals surface area contributed by atoms with E-state index in [0.29, 0.717) is 13.0 Å². The molecule has 0 N–H and O–H groups in total. The second-order valence-electron chi connectivity index (χ2n) is 9.48. The second kappa shape index (κ2) is 12.0. The highest BCUT2D eigenvalue weighted by atomic mass is 16.5. The summed E-state index contributed by atoms with van der Waals surface area (Å²) in [6.45, 7) is 8.52. The number of carbonyl (C=O) groups is 1. The number of unbranched alkanes of at least 4 members (excludes halogenated alkanes) is 3. The molecule has 1 aliphatic rings. The minimum Gasteiger partial charge on any atom is -0.466 e. The molecular formula is C30H37N3O2. The number of carbonyl (C=O) groups excluding carboxylic acids is 1. The number of aryl methyl sites for hydroxylation is 3. The highest BCUT2D eigenvalue weighted by Gasteiger charge is 2.23. The Bertz CT molecular complexity index is 1120. The minimum absolute atomic E-state index is 0.0826. The fraction of sp³-hybridized carbons (Fsp3) is 0.433. The monoisotopic (exact) mass is 471 g/mol. The molecule has 2 heterocycles. The van der Waals surface area contributed by atoms with E-state index in [1.54, 1.807) is 0 Å². The molecule has 0 amide bonds. The second-order valence-corrected chi connectivity index (χ2v) is 9.48. The lowest BCUT2D eigenvalue weighted by Crippen LogP contribution is -2.32. The fourth-order valence-electron chi connectivity index (χ4n) is 4.63. The Morgan fingerprint density at radius 3 is 2.09 bits per heavy atom. The first-order valence-corrected chi connectivity index (χ1v) is 13.0. The van der Waals surface area contributed by atoms with Gasteiger partial charge in [0, 0.05) is 30.6 Å². The van der Waals surface area contributed by atoms with Crippen LogP contribution in [0.4, 0.5) is 5.82 Å². The maximum absolute atomic E-state index is 11.5. The Morgan fingerprint density at radius 1 is 0.857 bits per heavy atom. The summed E-state index contributed by atoms with van der Waals surface area (Å²) in [5.74, 6) is 0.954. The molecule has 1 aliphatic heterocycles. The zero-order chi connectivity index (χ0) is 24.6. The Labute approximate surface area is 209 Å². The molecular weight excluding hydrogens is 434 g/mol. The van der Waals surface area contributed by atoms with Crippen LogP contribution in [0.2, 0.25) is 0 Å². The van der Waals surface area contributed by atoms with Crippen LogP contribution in [0.5, 0.6) is 0 Å². The van der Waals surface area contributed by atoms with Crippen molar-refractivity contribution in [2.75, 3.05) is 24.6 Å². The van der Waals surface area contributed by atoms with Crippen molar-refractivity contribution in [3.63, 3.8) is 0 Å². The zero-order valence-corrected chi connectivity index (χ0v) is 21.3. The van der Waals surface area contributed by atoms with Crippen molar-refractivity contribution in [3.05, 3.63) is 65.4 Å². The first kappa shape index (κ1) is 24.9. The quantitative estimate of drug-likeness (QED) is 0.243. The Hall–Kier alpha value is -3.21. The third kappa shape index (κ3) is 6.47. The lowest BCUT2D eigenvalue weighted by molar-refractivity contribution is -0.143. The number of fused-ring (bicyclic) bond motifs is 1. The van der Waals surface area contributed by atoms with E-state index in [4.69, 9.17) is 14.7 Å². The van der Waals surface area contributed by atoms with Gasteiger partial charge in [-0.15, -0.1) is 0 Å². The molecule has 0 bridgehead atoms. The molecule has 1 aromatic heterocycles. The molecule has 184 valence electrons. The van der Waals surface area contributed by atoms with Gasteiger partial charge in [0.05, 0.1) is 23.7 Å². The van der Waals surface area contributed by atoms with Gasteiger partial charge in [-0.1, -0.05) is 72.5 Å². The number of nitrogens with zero attached hydrogens (tertiary/aromatic N) is 3. The standard InChI is InChI=1S/C30H37N3O2/c1-4-35-27(34)11-7-5-6-8-20-33-21-9-10-26-30(33)32-29(25-18-14-23(3)15-19-25)28(31-26)24-16-12-22(2)13-17-24/h12-19H,4-11,20-21H2,1-3H3. The van der Waals surface area contributed by atoms with Crippen LogP contribution in [0.25, 0.3) is 22.5 Å². The van der Waals surface area contributed by atoms with Gasteiger partial charge in [0.1, 0.15) is 0 Å². The van der Waals surface area contributed by atoms with E-state index in [1.807, 2.05) is 6.92 Å². The molecule has 0 spiro atoms. The van der Waals surface area contributed by atoms with Crippen LogP contribution in [-0.4, -0.2) is 35.6 Å². The molecule has 5 nitrogen and oxygen atoms in total. The summed E-state index contributed by atoms with van der Waals surface area (Å²) >= 11 is 0. The van der Waals surface area contributed by atoms with Crippen LogP contribution in [0.3, 0.4) is 0 Å². The summed E-state index contributed by atoms with van der Waals surface area (Å²) in [5.41, 5.74) is 7.71. The topological polar surface area (TPSA) is 55.3 Å². The molecule has 0 saturated carbocycles. The van der Waals surface area contributed by atoms with Gasteiger partial charge in [-0.2, -0.15) is 0 Å². The van der Waals surface area contributed by atoms with Crippen molar-refractivity contribution in [1.82, 2.24) is 9.97 Å². The van der Waals surface area contributed by atoms with E-state index >= 15 is 0 Å². The van der Waals surface area contributed by atoms with Gasteiger partial charge in [0.15, 0.2) is 5.82 Å². The van der Waals surface area contributed by atoms with E-state index in [1.165, 1.54) is 11.1 Å². The van der Waals surface area contributed by atoms with Gasteiger partial charge < -0.3 is 9.64 Å². The summed E-state index contributed by atoms with van der Waals surface area (Å²) < 4.78 is 5.02. The molecule has 0 radical (unpaired) electrons. The molecule has 35 heavy (non-hydrogen) atoms. The Balaban J connectivity index is 1.53. The summed E-state index contributed by atoms with van der Waals surface area (Å²) in [6, 6.07) is 17.2. The molecule has 3 aromatic rings. The normalized spacial score (nSPS) is 12.9. The number of benzene rings is 2. The number of hydrogen-bond donors (Lipinski definition) is 0. The molecule has 0 fully saturated rings. The summed E-state index contributed by atoms with van der Waals surface area (Å²) in [7, 11) is 0. The largest absolute Gasteiger partial charge is 0.466 e. The third-order valence-corrected chi connectivity index (χ3v) is 6.60. The predicted octanol–water partition coefficient (Wildman–Crippen LogP) is 6.69. The highest BCUT2D eigenvalue weighted by molar-refractivity contribution is 5.79. The van der Waals surface area contributed by atoms with Crippen LogP contribution in [0.1, 0.15) is 62.3 Å². The van der Waals surface area contributed by atoms with Crippen molar-refractivity contribution in [1.29, 1.82) is 0 Å².